The third-order valence-electron chi connectivity index (χ3n) is 12.2. The van der Waals surface area contributed by atoms with E-state index in [1.165, 1.54) is 6.07 Å². The van der Waals surface area contributed by atoms with E-state index in [-0.39, 0.29) is 16.8 Å². The first-order valence-electron chi connectivity index (χ1n) is 27.6. The standard InChI is InChI=1S/C58H41NO/c1-57(2)51-25-12-9-22-45(51)47-32-29-43(36-53(47)57)59(42-21-15-16-38(34-42)39-28-31-50-49-24-11-14-27-55(49)60-56(50)35-39)44-30-33-48-46-23-10-13-26-52(46)58(54(48)37-44,40-17-5-3-6-18-40)41-19-7-4-8-20-41/h3-37H,1-2H3/i3D,4D,5D,6D,7D,8D,10D,13D,17D,18D,19D,20D,23D,26D,30D,33D. The van der Waals surface area contributed by atoms with Crippen LogP contribution in [0.15, 0.2) is 216 Å². The fourth-order valence-corrected chi connectivity index (χ4v) is 9.48. The Bertz CT molecular complexity index is 4130. The molecule has 10 aromatic rings. The van der Waals surface area contributed by atoms with Crippen molar-refractivity contribution in [3.8, 4) is 33.4 Å². The molecule has 0 saturated heterocycles. The van der Waals surface area contributed by atoms with E-state index in [1.54, 1.807) is 4.90 Å². The summed E-state index contributed by atoms with van der Waals surface area (Å²) in [6.07, 6.45) is 0. The maximum atomic E-state index is 10.1. The van der Waals surface area contributed by atoms with Gasteiger partial charge in [0, 0.05) is 33.2 Å². The van der Waals surface area contributed by atoms with Crippen molar-refractivity contribution < 1.29 is 26.3 Å². The molecule has 0 saturated carbocycles. The predicted octanol–water partition coefficient (Wildman–Crippen LogP) is 15.4. The van der Waals surface area contributed by atoms with E-state index in [2.05, 4.69) is 26.0 Å². The van der Waals surface area contributed by atoms with Crippen molar-refractivity contribution in [1.29, 1.82) is 0 Å². The van der Waals surface area contributed by atoms with Crippen molar-refractivity contribution in [2.24, 2.45) is 0 Å². The predicted molar refractivity (Wildman–Crippen MR) is 249 cm³/mol. The van der Waals surface area contributed by atoms with Crippen LogP contribution in [0.2, 0.25) is 0 Å². The van der Waals surface area contributed by atoms with E-state index < -0.39 is 130 Å². The first-order chi connectivity index (χ1) is 36.1. The highest BCUT2D eigenvalue weighted by atomic mass is 16.3. The molecule has 0 bridgehead atoms. The average molecular weight is 784 g/mol. The number of para-hydroxylation sites is 1. The summed E-state index contributed by atoms with van der Waals surface area (Å²) in [4.78, 5) is 1.73. The van der Waals surface area contributed by atoms with Crippen molar-refractivity contribution >= 4 is 39.0 Å². The van der Waals surface area contributed by atoms with Gasteiger partial charge in [-0.15, -0.1) is 0 Å². The van der Waals surface area contributed by atoms with Gasteiger partial charge in [0.15, 0.2) is 0 Å². The lowest BCUT2D eigenvalue weighted by atomic mass is 9.67. The third-order valence-corrected chi connectivity index (χ3v) is 12.2. The van der Waals surface area contributed by atoms with Crippen LogP contribution in [0.3, 0.4) is 0 Å². The quantitative estimate of drug-likeness (QED) is 0.167. The second kappa shape index (κ2) is 13.0. The van der Waals surface area contributed by atoms with Crippen molar-refractivity contribution in [1.82, 2.24) is 0 Å². The van der Waals surface area contributed by atoms with Gasteiger partial charge in [-0.2, -0.15) is 0 Å². The van der Waals surface area contributed by atoms with E-state index in [0.29, 0.717) is 17.0 Å². The van der Waals surface area contributed by atoms with Gasteiger partial charge in [-0.25, -0.2) is 0 Å². The van der Waals surface area contributed by atoms with Crippen LogP contribution in [-0.2, 0) is 10.8 Å². The molecular weight excluding hydrogens is 727 g/mol. The summed E-state index contributed by atoms with van der Waals surface area (Å²) in [5, 5.41) is 1.87. The number of benzene rings is 9. The van der Waals surface area contributed by atoms with Gasteiger partial charge in [0.05, 0.1) is 27.3 Å². The summed E-state index contributed by atoms with van der Waals surface area (Å²) in [5.74, 6) is 0. The van der Waals surface area contributed by atoms with Crippen molar-refractivity contribution in [2.75, 3.05) is 4.90 Å². The summed E-state index contributed by atoms with van der Waals surface area (Å²) in [6, 6.07) is 23.5. The molecule has 284 valence electrons. The summed E-state index contributed by atoms with van der Waals surface area (Å²) >= 11 is 0. The Labute approximate surface area is 373 Å². The molecule has 60 heavy (non-hydrogen) atoms. The highest BCUT2D eigenvalue weighted by Gasteiger charge is 2.46. The third kappa shape index (κ3) is 4.94. The van der Waals surface area contributed by atoms with Crippen molar-refractivity contribution in [3.05, 3.63) is 245 Å². The molecule has 0 fully saturated rings. The van der Waals surface area contributed by atoms with Crippen LogP contribution >= 0.6 is 0 Å². The lowest BCUT2D eigenvalue weighted by Gasteiger charge is -2.35. The molecule has 0 spiro atoms. The van der Waals surface area contributed by atoms with Gasteiger partial charge < -0.3 is 9.32 Å². The van der Waals surface area contributed by atoms with Crippen LogP contribution in [0.1, 0.15) is 69.2 Å². The molecule has 0 aliphatic heterocycles. The molecule has 0 amide bonds. The van der Waals surface area contributed by atoms with Gasteiger partial charge in [0.1, 0.15) is 11.2 Å². The maximum absolute atomic E-state index is 10.1. The van der Waals surface area contributed by atoms with Crippen molar-refractivity contribution in [2.45, 2.75) is 24.7 Å². The topological polar surface area (TPSA) is 16.4 Å². The number of hydrogen-bond donors (Lipinski definition) is 0. The van der Waals surface area contributed by atoms with Gasteiger partial charge >= 0.3 is 0 Å². The second-order valence-corrected chi connectivity index (χ2v) is 15.7. The molecule has 1 aromatic heterocycles. The molecule has 2 aliphatic rings. The Morgan fingerprint density at radius 2 is 1.07 bits per heavy atom. The monoisotopic (exact) mass is 783 g/mol. The van der Waals surface area contributed by atoms with Gasteiger partial charge in [-0.3, -0.25) is 0 Å². The minimum absolute atomic E-state index is 0.0472. The number of furan rings is 1. The Morgan fingerprint density at radius 3 is 1.90 bits per heavy atom. The first-order valence-corrected chi connectivity index (χ1v) is 19.6. The fourth-order valence-electron chi connectivity index (χ4n) is 9.48. The van der Waals surface area contributed by atoms with Crippen LogP contribution in [0.5, 0.6) is 0 Å². The Balaban J connectivity index is 1.23. The molecular formula is C58H41NO. The molecule has 0 unspecified atom stereocenters. The zero-order valence-corrected chi connectivity index (χ0v) is 32.3. The summed E-state index contributed by atoms with van der Waals surface area (Å²) in [7, 11) is 0. The van der Waals surface area contributed by atoms with Crippen LogP contribution < -0.4 is 4.90 Å². The van der Waals surface area contributed by atoms with E-state index in [9.17, 15) is 11.0 Å². The molecule has 2 heteroatoms. The molecule has 2 nitrogen and oxygen atoms in total. The molecule has 12 rings (SSSR count). The van der Waals surface area contributed by atoms with Gasteiger partial charge in [0.2, 0.25) is 0 Å². The highest BCUT2D eigenvalue weighted by molar-refractivity contribution is 6.06. The second-order valence-electron chi connectivity index (χ2n) is 15.7. The van der Waals surface area contributed by atoms with Crippen LogP contribution in [0, 0.1) is 0 Å². The van der Waals surface area contributed by atoms with Gasteiger partial charge in [-0.05, 0) is 121 Å². The van der Waals surface area contributed by atoms with E-state index in [1.807, 2.05) is 97.1 Å². The van der Waals surface area contributed by atoms with Crippen LogP contribution in [0.4, 0.5) is 17.1 Å². The minimum atomic E-state index is -2.77. The Hall–Kier alpha value is -7.42. The molecule has 1 heterocycles. The lowest BCUT2D eigenvalue weighted by Crippen LogP contribution is -2.28. The molecule has 0 N–H and O–H groups in total. The van der Waals surface area contributed by atoms with Gasteiger partial charge in [-0.1, -0.05) is 171 Å². The minimum Gasteiger partial charge on any atom is -0.456 e. The fraction of sp³-hybridized carbons (Fsp3) is 0.0690. The summed E-state index contributed by atoms with van der Waals surface area (Å²) in [6.45, 7) is 4.22. The van der Waals surface area contributed by atoms with Crippen LogP contribution in [-0.4, -0.2) is 0 Å². The smallest absolute Gasteiger partial charge is 0.136 e. The maximum Gasteiger partial charge on any atom is 0.136 e. The Kier molecular flexibility index (Phi) is 4.80. The average Bonchev–Trinajstić information content (AvgIpc) is 4.22. The summed E-state index contributed by atoms with van der Waals surface area (Å²) < 4.78 is 155. The SMILES string of the molecule is [2H]c1c(N(c2cccc(-c3ccc4c(c3)oc3ccccc34)c2)c2ccc3c(c2)C(C)(C)c2ccccc2-3)cc2c(c1[2H])-c1c([2H])c([2H])c([2H])c([2H])c1C2(c1c([2H])c([2H])c([2H])c([2H])c1[2H])c1c([2H])c([2H])c([2H])c([2H])c1[2H]. The number of anilines is 3. The van der Waals surface area contributed by atoms with E-state index >= 15 is 0 Å². The van der Waals surface area contributed by atoms with E-state index in [0.717, 1.165) is 49.7 Å². The largest absolute Gasteiger partial charge is 0.456 e. The first kappa shape index (κ1) is 22.1. The lowest BCUT2D eigenvalue weighted by molar-refractivity contribution is 0.660. The number of rotatable bonds is 6. The zero-order chi connectivity index (χ0) is 53.9. The summed E-state index contributed by atoms with van der Waals surface area (Å²) in [5.41, 5.74) is 1.66. The number of nitrogens with zero attached hydrogens (tertiary/aromatic N) is 1. The van der Waals surface area contributed by atoms with E-state index in [4.69, 9.17) is 15.4 Å². The van der Waals surface area contributed by atoms with Crippen molar-refractivity contribution in [3.63, 3.8) is 0 Å². The highest BCUT2D eigenvalue weighted by Crippen LogP contribution is 2.58. The molecule has 9 aromatic carbocycles. The Morgan fingerprint density at radius 1 is 0.417 bits per heavy atom. The number of fused-ring (bicyclic) bond motifs is 9. The van der Waals surface area contributed by atoms with Gasteiger partial charge in [0.25, 0.3) is 0 Å². The zero-order valence-electron chi connectivity index (χ0n) is 48.3. The molecule has 0 radical (unpaired) electrons. The van der Waals surface area contributed by atoms with Crippen LogP contribution in [0.25, 0.3) is 55.3 Å². The number of hydrogen-bond acceptors (Lipinski definition) is 2. The normalized spacial score (nSPS) is 17.8. The molecule has 2 aliphatic carbocycles. The molecule has 0 atom stereocenters.